The highest BCUT2D eigenvalue weighted by Gasteiger charge is 2.38. The summed E-state index contributed by atoms with van der Waals surface area (Å²) in [7, 11) is 2.23. The number of hydrogen-bond donors (Lipinski definition) is 1. The Morgan fingerprint density at radius 2 is 1.85 bits per heavy atom. The van der Waals surface area contributed by atoms with Gasteiger partial charge in [0, 0.05) is 50.8 Å². The summed E-state index contributed by atoms with van der Waals surface area (Å²) in [6.45, 7) is 11.2. The number of likely N-dealkylation sites (tertiary alicyclic amines) is 1. The second-order valence-electron chi connectivity index (χ2n) is 7.16. The van der Waals surface area contributed by atoms with E-state index in [2.05, 4.69) is 34.0 Å². The van der Waals surface area contributed by atoms with Crippen molar-refractivity contribution in [3.8, 4) is 0 Å². The van der Waals surface area contributed by atoms with E-state index in [1.54, 1.807) is 0 Å². The van der Waals surface area contributed by atoms with E-state index >= 15 is 0 Å². The summed E-state index contributed by atoms with van der Waals surface area (Å²) in [6, 6.07) is 2.48. The molecule has 2 saturated heterocycles. The lowest BCUT2D eigenvalue weighted by Gasteiger charge is -2.32. The first-order valence-electron chi connectivity index (χ1n) is 8.62. The normalized spacial score (nSPS) is 33.9. The first-order valence-corrected chi connectivity index (χ1v) is 8.62. The van der Waals surface area contributed by atoms with Gasteiger partial charge in [-0.2, -0.15) is 0 Å². The molecule has 20 heavy (non-hydrogen) atoms. The van der Waals surface area contributed by atoms with Gasteiger partial charge >= 0.3 is 0 Å². The summed E-state index contributed by atoms with van der Waals surface area (Å²) in [5.41, 5.74) is 0. The van der Waals surface area contributed by atoms with Crippen LogP contribution in [0.1, 0.15) is 32.6 Å². The minimum atomic E-state index is 0.748. The van der Waals surface area contributed by atoms with Gasteiger partial charge in [-0.05, 0) is 52.7 Å². The Kier molecular flexibility index (Phi) is 4.97. The zero-order valence-electron chi connectivity index (χ0n) is 13.4. The van der Waals surface area contributed by atoms with Crippen molar-refractivity contribution in [3.05, 3.63) is 0 Å². The molecule has 2 atom stereocenters. The second kappa shape index (κ2) is 6.73. The lowest BCUT2D eigenvalue weighted by Crippen LogP contribution is -2.45. The predicted molar refractivity (Wildman–Crippen MR) is 84.2 cm³/mol. The topological polar surface area (TPSA) is 21.8 Å². The van der Waals surface area contributed by atoms with Crippen molar-refractivity contribution >= 4 is 0 Å². The van der Waals surface area contributed by atoms with Gasteiger partial charge in [0.15, 0.2) is 0 Å². The molecule has 1 N–H and O–H groups in total. The van der Waals surface area contributed by atoms with Crippen molar-refractivity contribution in [1.29, 1.82) is 0 Å². The van der Waals surface area contributed by atoms with E-state index in [4.69, 9.17) is 0 Å². The molecule has 4 heteroatoms. The molecule has 0 radical (unpaired) electrons. The van der Waals surface area contributed by atoms with E-state index in [-0.39, 0.29) is 0 Å². The minimum absolute atomic E-state index is 0.748. The van der Waals surface area contributed by atoms with Crippen LogP contribution in [0.3, 0.4) is 0 Å². The molecule has 0 bridgehead atoms. The molecule has 0 spiro atoms. The van der Waals surface area contributed by atoms with Crippen LogP contribution < -0.4 is 5.32 Å². The zero-order chi connectivity index (χ0) is 13.9. The van der Waals surface area contributed by atoms with Crippen molar-refractivity contribution in [2.24, 2.45) is 0 Å². The molecule has 116 valence electrons. The highest BCUT2D eigenvalue weighted by atomic mass is 15.3. The highest BCUT2D eigenvalue weighted by molar-refractivity contribution is 4.95. The van der Waals surface area contributed by atoms with Crippen LogP contribution in [0.2, 0.25) is 0 Å². The predicted octanol–water partition coefficient (Wildman–Crippen LogP) is 0.839. The molecule has 2 aliphatic heterocycles. The Balaban J connectivity index is 1.27. The molecule has 3 fully saturated rings. The van der Waals surface area contributed by atoms with Gasteiger partial charge in [-0.25, -0.2) is 0 Å². The maximum atomic E-state index is 3.79. The molecule has 1 saturated carbocycles. The summed E-state index contributed by atoms with van der Waals surface area (Å²) in [4.78, 5) is 7.79. The van der Waals surface area contributed by atoms with Crippen molar-refractivity contribution in [1.82, 2.24) is 20.0 Å². The van der Waals surface area contributed by atoms with E-state index in [0.717, 1.165) is 18.1 Å². The lowest BCUT2D eigenvalue weighted by atomic mass is 10.2. The Morgan fingerprint density at radius 1 is 1.10 bits per heavy atom. The molecular formula is C16H32N4. The van der Waals surface area contributed by atoms with Crippen LogP contribution in [0.4, 0.5) is 0 Å². The fourth-order valence-corrected chi connectivity index (χ4v) is 3.80. The van der Waals surface area contributed by atoms with Crippen LogP contribution >= 0.6 is 0 Å². The van der Waals surface area contributed by atoms with Gasteiger partial charge in [-0.3, -0.25) is 4.90 Å². The molecule has 0 aromatic rings. The molecule has 3 rings (SSSR count). The molecule has 2 unspecified atom stereocenters. The minimum Gasteiger partial charge on any atom is -0.313 e. The Hall–Kier alpha value is -0.160. The summed E-state index contributed by atoms with van der Waals surface area (Å²) < 4.78 is 0. The van der Waals surface area contributed by atoms with Crippen molar-refractivity contribution in [2.75, 3.05) is 52.9 Å². The van der Waals surface area contributed by atoms with Crippen LogP contribution in [0.15, 0.2) is 0 Å². The van der Waals surface area contributed by atoms with E-state index in [9.17, 15) is 0 Å². The van der Waals surface area contributed by atoms with Crippen LogP contribution in [-0.4, -0.2) is 85.7 Å². The molecule has 4 nitrogen and oxygen atoms in total. The number of rotatable bonds is 6. The first kappa shape index (κ1) is 14.8. The molecule has 2 heterocycles. The molecule has 0 aromatic carbocycles. The van der Waals surface area contributed by atoms with Crippen molar-refractivity contribution in [2.45, 2.75) is 50.7 Å². The first-order chi connectivity index (χ1) is 9.72. The van der Waals surface area contributed by atoms with Gasteiger partial charge in [0.2, 0.25) is 0 Å². The summed E-state index contributed by atoms with van der Waals surface area (Å²) >= 11 is 0. The van der Waals surface area contributed by atoms with Crippen molar-refractivity contribution in [3.63, 3.8) is 0 Å². The van der Waals surface area contributed by atoms with Gasteiger partial charge < -0.3 is 15.1 Å². The number of nitrogens with zero attached hydrogens (tertiary/aromatic N) is 3. The quantitative estimate of drug-likeness (QED) is 0.728. The molecule has 3 aliphatic rings. The largest absolute Gasteiger partial charge is 0.313 e. The molecule has 0 amide bonds. The molecular weight excluding hydrogens is 248 g/mol. The van der Waals surface area contributed by atoms with Crippen LogP contribution in [-0.2, 0) is 0 Å². The Morgan fingerprint density at radius 3 is 2.55 bits per heavy atom. The number of piperazine rings is 1. The smallest absolute Gasteiger partial charge is 0.0210 e. The average Bonchev–Trinajstić information content (AvgIpc) is 3.21. The Labute approximate surface area is 124 Å². The molecule has 1 aliphatic carbocycles. The SMILES string of the molecule is CC1CC(NCCCN2CCN(C)CC2)CN1C1CC1. The monoisotopic (exact) mass is 280 g/mol. The average molecular weight is 280 g/mol. The molecule has 0 aromatic heterocycles. The van der Waals surface area contributed by atoms with Crippen LogP contribution in [0.5, 0.6) is 0 Å². The van der Waals surface area contributed by atoms with Gasteiger partial charge in [0.05, 0.1) is 0 Å². The fraction of sp³-hybridized carbons (Fsp3) is 1.00. The lowest BCUT2D eigenvalue weighted by molar-refractivity contribution is 0.152. The summed E-state index contributed by atoms with van der Waals surface area (Å²) in [5.74, 6) is 0. The van der Waals surface area contributed by atoms with E-state index in [0.29, 0.717) is 0 Å². The van der Waals surface area contributed by atoms with E-state index < -0.39 is 0 Å². The standard InChI is InChI=1S/C16H32N4/c1-14-12-15(13-20(14)16-4-5-16)17-6-3-7-19-10-8-18(2)9-11-19/h14-17H,3-13H2,1-2H3. The van der Waals surface area contributed by atoms with Crippen LogP contribution in [0, 0.1) is 0 Å². The number of nitrogens with one attached hydrogen (secondary N) is 1. The van der Waals surface area contributed by atoms with Gasteiger partial charge in [0.25, 0.3) is 0 Å². The summed E-state index contributed by atoms with van der Waals surface area (Å²) in [5, 5.41) is 3.79. The maximum Gasteiger partial charge on any atom is 0.0210 e. The fourth-order valence-electron chi connectivity index (χ4n) is 3.80. The van der Waals surface area contributed by atoms with E-state index in [1.165, 1.54) is 71.5 Å². The summed E-state index contributed by atoms with van der Waals surface area (Å²) in [6.07, 6.45) is 5.55. The third-order valence-electron chi connectivity index (χ3n) is 5.32. The van der Waals surface area contributed by atoms with Crippen LogP contribution in [0.25, 0.3) is 0 Å². The number of likely N-dealkylation sites (N-methyl/N-ethyl adjacent to an activating group) is 1. The second-order valence-corrected chi connectivity index (χ2v) is 7.16. The van der Waals surface area contributed by atoms with Gasteiger partial charge in [-0.15, -0.1) is 0 Å². The van der Waals surface area contributed by atoms with Gasteiger partial charge in [-0.1, -0.05) is 0 Å². The van der Waals surface area contributed by atoms with Crippen molar-refractivity contribution < 1.29 is 0 Å². The third kappa shape index (κ3) is 3.94. The Bertz CT molecular complexity index is 297. The highest BCUT2D eigenvalue weighted by Crippen LogP contribution is 2.33. The third-order valence-corrected chi connectivity index (χ3v) is 5.32. The van der Waals surface area contributed by atoms with E-state index in [1.807, 2.05) is 0 Å². The maximum absolute atomic E-state index is 3.79. The zero-order valence-corrected chi connectivity index (χ0v) is 13.4. The number of hydrogen-bond acceptors (Lipinski definition) is 4. The van der Waals surface area contributed by atoms with Gasteiger partial charge in [0.1, 0.15) is 0 Å².